The van der Waals surface area contributed by atoms with Crippen molar-refractivity contribution in [1.82, 2.24) is 0 Å². The van der Waals surface area contributed by atoms with Crippen LogP contribution in [0.4, 0.5) is 10.1 Å². The zero-order chi connectivity index (χ0) is 12.6. The fraction of sp³-hybridized carbons (Fsp3) is 0.571. The number of hydrogen-bond acceptors (Lipinski definition) is 2. The summed E-state index contributed by atoms with van der Waals surface area (Å²) in [5, 5.41) is 9.73. The largest absolute Gasteiger partial charge is 0.389 e. The van der Waals surface area contributed by atoms with Crippen molar-refractivity contribution in [3.63, 3.8) is 0 Å². The molecule has 2 nitrogen and oxygen atoms in total. The lowest BCUT2D eigenvalue weighted by molar-refractivity contribution is 0.199. The highest BCUT2D eigenvalue weighted by atomic mass is 19.1. The highest BCUT2D eigenvalue weighted by Crippen LogP contribution is 2.37. The van der Waals surface area contributed by atoms with Gasteiger partial charge in [-0.3, -0.25) is 0 Å². The molecule has 2 rings (SSSR count). The molecule has 1 N–H and O–H groups in total. The normalized spacial score (nSPS) is 20.6. The summed E-state index contributed by atoms with van der Waals surface area (Å²) in [5.74, 6) is -0.235. The zero-order valence-electron chi connectivity index (χ0n) is 10.7. The number of para-hydroxylation sites is 1. The summed E-state index contributed by atoms with van der Waals surface area (Å²) in [6.07, 6.45) is 0.421. The fourth-order valence-electron chi connectivity index (χ4n) is 2.51. The minimum absolute atomic E-state index is 0.220. The van der Waals surface area contributed by atoms with E-state index in [1.165, 1.54) is 6.07 Å². The van der Waals surface area contributed by atoms with Crippen molar-refractivity contribution >= 4 is 5.69 Å². The van der Waals surface area contributed by atoms with E-state index in [2.05, 4.69) is 18.7 Å². The fourth-order valence-corrected chi connectivity index (χ4v) is 2.51. The maximum Gasteiger partial charge on any atom is 0.146 e. The van der Waals surface area contributed by atoms with E-state index in [-0.39, 0.29) is 11.2 Å². The second-order valence-electron chi connectivity index (χ2n) is 5.69. The molecule has 1 aromatic rings. The van der Waals surface area contributed by atoms with Crippen LogP contribution in [0.2, 0.25) is 0 Å². The monoisotopic (exact) mass is 237 g/mol. The first kappa shape index (κ1) is 12.4. The van der Waals surface area contributed by atoms with Crippen LogP contribution in [-0.2, 0) is 0 Å². The Morgan fingerprint density at radius 3 is 2.65 bits per heavy atom. The lowest BCUT2D eigenvalue weighted by Gasteiger charge is -2.25. The van der Waals surface area contributed by atoms with Crippen LogP contribution < -0.4 is 4.90 Å². The van der Waals surface area contributed by atoms with Crippen molar-refractivity contribution in [2.45, 2.75) is 33.3 Å². The molecule has 94 valence electrons. The van der Waals surface area contributed by atoms with Gasteiger partial charge in [-0.25, -0.2) is 4.39 Å². The molecule has 17 heavy (non-hydrogen) atoms. The van der Waals surface area contributed by atoms with Crippen molar-refractivity contribution in [3.8, 4) is 0 Å². The Bertz CT molecular complexity index is 415. The van der Waals surface area contributed by atoms with Gasteiger partial charge in [-0.1, -0.05) is 26.0 Å². The Kier molecular flexibility index (Phi) is 3.13. The van der Waals surface area contributed by atoms with Gasteiger partial charge >= 0.3 is 0 Å². The molecule has 0 spiro atoms. The first-order valence-electron chi connectivity index (χ1n) is 6.12. The molecular weight excluding hydrogens is 217 g/mol. The van der Waals surface area contributed by atoms with Crippen LogP contribution in [-0.4, -0.2) is 18.2 Å². The molecule has 0 saturated carbocycles. The number of benzene rings is 1. The summed E-state index contributed by atoms with van der Waals surface area (Å²) < 4.78 is 14.0. The van der Waals surface area contributed by atoms with Crippen LogP contribution in [0.3, 0.4) is 0 Å². The Morgan fingerprint density at radius 2 is 2.12 bits per heavy atom. The van der Waals surface area contributed by atoms with Crippen LogP contribution in [0.25, 0.3) is 0 Å². The van der Waals surface area contributed by atoms with Crippen LogP contribution in [0.15, 0.2) is 18.2 Å². The SMILES string of the molecule is C[C@@H](O)c1cccc(F)c1N1CCC(C)(C)C1. The third-order valence-electron chi connectivity index (χ3n) is 3.46. The van der Waals surface area contributed by atoms with Crippen molar-refractivity contribution in [3.05, 3.63) is 29.6 Å². The lowest BCUT2D eigenvalue weighted by atomic mass is 9.93. The minimum Gasteiger partial charge on any atom is -0.389 e. The molecule has 0 aromatic heterocycles. The Balaban J connectivity index is 2.38. The Labute approximate surface area is 102 Å². The van der Waals surface area contributed by atoms with E-state index in [0.717, 1.165) is 19.5 Å². The molecule has 1 aliphatic rings. The number of rotatable bonds is 2. The predicted molar refractivity (Wildman–Crippen MR) is 67.6 cm³/mol. The van der Waals surface area contributed by atoms with E-state index in [4.69, 9.17) is 0 Å². The number of hydrogen-bond donors (Lipinski definition) is 1. The number of aliphatic hydroxyl groups excluding tert-OH is 1. The highest BCUT2D eigenvalue weighted by Gasteiger charge is 2.32. The molecule has 0 unspecified atom stereocenters. The summed E-state index contributed by atoms with van der Waals surface area (Å²) in [5.41, 5.74) is 1.48. The van der Waals surface area contributed by atoms with Gasteiger partial charge in [0.05, 0.1) is 11.8 Å². The summed E-state index contributed by atoms with van der Waals surface area (Å²) in [6, 6.07) is 4.92. The molecule has 1 aliphatic heterocycles. The molecule has 3 heteroatoms. The van der Waals surface area contributed by atoms with Gasteiger partial charge in [0.15, 0.2) is 0 Å². The molecule has 0 aliphatic carbocycles. The standard InChI is InChI=1S/C14H20FNO/c1-10(17)11-5-4-6-12(15)13(11)16-8-7-14(2,3)9-16/h4-6,10,17H,7-9H2,1-3H3/t10-/m1/s1. The number of anilines is 1. The van der Waals surface area contributed by atoms with Gasteiger partial charge in [0.1, 0.15) is 5.82 Å². The van der Waals surface area contributed by atoms with Crippen LogP contribution >= 0.6 is 0 Å². The van der Waals surface area contributed by atoms with E-state index in [1.807, 2.05) is 0 Å². The molecule has 0 amide bonds. The van der Waals surface area contributed by atoms with E-state index in [9.17, 15) is 9.50 Å². The molecule has 0 radical (unpaired) electrons. The zero-order valence-corrected chi connectivity index (χ0v) is 10.7. The Hall–Kier alpha value is -1.09. The van der Waals surface area contributed by atoms with Gasteiger partial charge in [0.25, 0.3) is 0 Å². The molecule has 1 aromatic carbocycles. The van der Waals surface area contributed by atoms with Crippen LogP contribution in [0, 0.1) is 11.2 Å². The number of aliphatic hydroxyl groups is 1. The molecular formula is C14H20FNO. The van der Waals surface area contributed by atoms with Gasteiger partial charge in [-0.2, -0.15) is 0 Å². The third-order valence-corrected chi connectivity index (χ3v) is 3.46. The summed E-state index contributed by atoms with van der Waals surface area (Å²) in [7, 11) is 0. The topological polar surface area (TPSA) is 23.5 Å². The van der Waals surface area contributed by atoms with Crippen LogP contribution in [0.1, 0.15) is 38.9 Å². The smallest absolute Gasteiger partial charge is 0.146 e. The molecule has 1 atom stereocenters. The first-order valence-corrected chi connectivity index (χ1v) is 6.12. The van der Waals surface area contributed by atoms with E-state index in [1.54, 1.807) is 19.1 Å². The van der Waals surface area contributed by atoms with E-state index in [0.29, 0.717) is 11.3 Å². The number of halogens is 1. The second-order valence-corrected chi connectivity index (χ2v) is 5.69. The van der Waals surface area contributed by atoms with Gasteiger partial charge < -0.3 is 10.0 Å². The average Bonchev–Trinajstić information content (AvgIpc) is 2.58. The van der Waals surface area contributed by atoms with Gasteiger partial charge in [-0.05, 0) is 24.8 Å². The van der Waals surface area contributed by atoms with E-state index >= 15 is 0 Å². The van der Waals surface area contributed by atoms with Gasteiger partial charge in [-0.15, -0.1) is 0 Å². The molecule has 1 heterocycles. The third kappa shape index (κ3) is 2.44. The first-order chi connectivity index (χ1) is 7.91. The van der Waals surface area contributed by atoms with Crippen molar-refractivity contribution in [2.75, 3.05) is 18.0 Å². The summed E-state index contributed by atoms with van der Waals surface area (Å²) >= 11 is 0. The number of nitrogens with zero attached hydrogens (tertiary/aromatic N) is 1. The van der Waals surface area contributed by atoms with E-state index < -0.39 is 6.10 Å². The molecule has 0 bridgehead atoms. The summed E-state index contributed by atoms with van der Waals surface area (Å²) in [6.45, 7) is 7.76. The van der Waals surface area contributed by atoms with Crippen LogP contribution in [0.5, 0.6) is 0 Å². The minimum atomic E-state index is -0.635. The van der Waals surface area contributed by atoms with Crippen molar-refractivity contribution in [1.29, 1.82) is 0 Å². The average molecular weight is 237 g/mol. The van der Waals surface area contributed by atoms with Crippen molar-refractivity contribution < 1.29 is 9.50 Å². The molecule has 1 saturated heterocycles. The Morgan fingerprint density at radius 1 is 1.41 bits per heavy atom. The quantitative estimate of drug-likeness (QED) is 0.854. The van der Waals surface area contributed by atoms with Crippen molar-refractivity contribution in [2.24, 2.45) is 5.41 Å². The molecule has 1 fully saturated rings. The highest BCUT2D eigenvalue weighted by molar-refractivity contribution is 5.56. The predicted octanol–water partition coefficient (Wildman–Crippen LogP) is 3.12. The van der Waals surface area contributed by atoms with Gasteiger partial charge in [0, 0.05) is 18.7 Å². The second kappa shape index (κ2) is 4.30. The maximum atomic E-state index is 14.0. The maximum absolute atomic E-state index is 14.0. The summed E-state index contributed by atoms with van der Waals surface area (Å²) in [4.78, 5) is 2.05. The van der Waals surface area contributed by atoms with Gasteiger partial charge in [0.2, 0.25) is 0 Å². The lowest BCUT2D eigenvalue weighted by Crippen LogP contribution is -2.25.